The Morgan fingerprint density at radius 2 is 2.43 bits per heavy atom. The zero-order valence-electron chi connectivity index (χ0n) is 4.15. The van der Waals surface area contributed by atoms with Crippen LogP contribution in [0, 0.1) is 0 Å². The zero-order chi connectivity index (χ0) is 5.70. The van der Waals surface area contributed by atoms with Crippen LogP contribution in [0.5, 0.6) is 0 Å². The number of hydrogen-bond acceptors (Lipinski definition) is 0. The van der Waals surface area contributed by atoms with E-state index in [9.17, 15) is 0 Å². The van der Waals surface area contributed by atoms with Gasteiger partial charge >= 0.3 is 55.0 Å². The van der Waals surface area contributed by atoms with E-state index in [2.05, 4.69) is 12.4 Å². The van der Waals surface area contributed by atoms with Gasteiger partial charge in [-0.2, -0.15) is 0 Å². The van der Waals surface area contributed by atoms with Gasteiger partial charge in [0, 0.05) is 0 Å². The molecule has 0 aliphatic heterocycles. The first kappa shape index (κ1) is 7.29. The van der Waals surface area contributed by atoms with Crippen LogP contribution in [0.2, 0.25) is 5.82 Å². The zero-order valence-corrected chi connectivity index (χ0v) is 6.62. The number of halogens is 1. The van der Waals surface area contributed by atoms with Crippen molar-refractivity contribution >= 4 is 26.6 Å². The van der Waals surface area contributed by atoms with E-state index in [1.807, 2.05) is 6.08 Å². The maximum absolute atomic E-state index is 5.58. The SMILES string of the molecule is C=CC=C(Cl)[Se]C. The number of rotatable bonds is 2. The molecule has 0 unspecified atom stereocenters. The van der Waals surface area contributed by atoms with Crippen LogP contribution in [-0.2, 0) is 0 Å². The molecule has 0 bridgehead atoms. The summed E-state index contributed by atoms with van der Waals surface area (Å²) in [5.74, 6) is 2.06. The van der Waals surface area contributed by atoms with Crippen molar-refractivity contribution < 1.29 is 0 Å². The third-order valence-corrected chi connectivity index (χ3v) is 2.48. The summed E-state index contributed by atoms with van der Waals surface area (Å²) < 4.78 is 0.919. The van der Waals surface area contributed by atoms with Crippen LogP contribution in [0.4, 0.5) is 0 Å². The Morgan fingerprint density at radius 3 is 2.57 bits per heavy atom. The van der Waals surface area contributed by atoms with Gasteiger partial charge in [0.15, 0.2) is 0 Å². The summed E-state index contributed by atoms with van der Waals surface area (Å²) in [7, 11) is 0. The van der Waals surface area contributed by atoms with E-state index in [1.165, 1.54) is 0 Å². The molecule has 0 heterocycles. The van der Waals surface area contributed by atoms with Crippen molar-refractivity contribution in [2.75, 3.05) is 0 Å². The molecule has 0 atom stereocenters. The molecule has 0 spiro atoms. The van der Waals surface area contributed by atoms with Gasteiger partial charge in [-0.1, -0.05) is 0 Å². The average Bonchev–Trinajstić information content (AvgIpc) is 1.68. The first-order chi connectivity index (χ1) is 3.31. The van der Waals surface area contributed by atoms with Gasteiger partial charge in [0.05, 0.1) is 0 Å². The molecular weight excluding hydrogens is 174 g/mol. The Labute approximate surface area is 55.4 Å². The predicted molar refractivity (Wildman–Crippen MR) is 35.8 cm³/mol. The summed E-state index contributed by atoms with van der Waals surface area (Å²) in [4.78, 5) is 0. The van der Waals surface area contributed by atoms with E-state index in [4.69, 9.17) is 11.6 Å². The molecule has 0 aromatic rings. The predicted octanol–water partition coefficient (Wildman–Crippen LogP) is 2.00. The molecule has 0 aliphatic rings. The summed E-state index contributed by atoms with van der Waals surface area (Å²) in [6.07, 6.45) is 3.52. The molecule has 0 amide bonds. The van der Waals surface area contributed by atoms with Crippen LogP contribution < -0.4 is 0 Å². The fourth-order valence-corrected chi connectivity index (χ4v) is 0.737. The molecule has 0 N–H and O–H groups in total. The van der Waals surface area contributed by atoms with Crippen molar-refractivity contribution in [2.45, 2.75) is 5.82 Å². The van der Waals surface area contributed by atoms with E-state index in [-0.39, 0.29) is 0 Å². The van der Waals surface area contributed by atoms with Gasteiger partial charge < -0.3 is 0 Å². The summed E-state index contributed by atoms with van der Waals surface area (Å²) in [6.45, 7) is 3.50. The summed E-state index contributed by atoms with van der Waals surface area (Å²) >= 11 is 6.02. The molecular formula is C5H7ClSe. The molecule has 0 nitrogen and oxygen atoms in total. The van der Waals surface area contributed by atoms with Crippen LogP contribution in [0.1, 0.15) is 0 Å². The third kappa shape index (κ3) is 4.14. The second-order valence-electron chi connectivity index (χ2n) is 0.911. The quantitative estimate of drug-likeness (QED) is 0.452. The summed E-state index contributed by atoms with van der Waals surface area (Å²) in [6, 6.07) is 0. The van der Waals surface area contributed by atoms with Gasteiger partial charge in [0.2, 0.25) is 0 Å². The molecule has 2 heteroatoms. The van der Waals surface area contributed by atoms with Crippen molar-refractivity contribution in [1.29, 1.82) is 0 Å². The Balaban J connectivity index is 3.49. The first-order valence-electron chi connectivity index (χ1n) is 1.83. The van der Waals surface area contributed by atoms with Gasteiger partial charge in [-0.15, -0.1) is 0 Å². The molecule has 0 aliphatic carbocycles. The fourth-order valence-electron chi connectivity index (χ4n) is 0.161. The summed E-state index contributed by atoms with van der Waals surface area (Å²) in [5.41, 5.74) is 0. The molecule has 40 valence electrons. The molecule has 0 rings (SSSR count). The van der Waals surface area contributed by atoms with Crippen LogP contribution in [0.25, 0.3) is 0 Å². The van der Waals surface area contributed by atoms with E-state index >= 15 is 0 Å². The molecule has 0 aromatic carbocycles. The van der Waals surface area contributed by atoms with Gasteiger partial charge in [-0.05, 0) is 0 Å². The Bertz CT molecular complexity index is 86.1. The van der Waals surface area contributed by atoms with E-state index in [0.717, 1.165) is 3.93 Å². The van der Waals surface area contributed by atoms with Gasteiger partial charge in [-0.3, -0.25) is 0 Å². The van der Waals surface area contributed by atoms with Crippen molar-refractivity contribution in [3.05, 3.63) is 22.7 Å². The first-order valence-corrected chi connectivity index (χ1v) is 4.78. The summed E-state index contributed by atoms with van der Waals surface area (Å²) in [5, 5.41) is 0. The average molecular weight is 182 g/mol. The van der Waals surface area contributed by atoms with Crippen molar-refractivity contribution in [3.8, 4) is 0 Å². The van der Waals surface area contributed by atoms with E-state index in [1.54, 1.807) is 6.08 Å². The standard InChI is InChI=1S/C5H7ClSe/c1-3-4-5(6)7-2/h3-4H,1H2,2H3. The maximum atomic E-state index is 5.58. The third-order valence-electron chi connectivity index (χ3n) is 0.444. The van der Waals surface area contributed by atoms with Crippen molar-refractivity contribution in [3.63, 3.8) is 0 Å². The number of allylic oxidation sites excluding steroid dienone is 2. The van der Waals surface area contributed by atoms with Gasteiger partial charge in [0.1, 0.15) is 0 Å². The molecule has 0 saturated carbocycles. The van der Waals surface area contributed by atoms with Crippen LogP contribution in [0.3, 0.4) is 0 Å². The molecule has 0 aromatic heterocycles. The van der Waals surface area contributed by atoms with Crippen LogP contribution >= 0.6 is 11.6 Å². The normalized spacial score (nSPS) is 11.4. The minimum atomic E-state index is 0.440. The Kier molecular flexibility index (Phi) is 4.63. The van der Waals surface area contributed by atoms with Crippen molar-refractivity contribution in [1.82, 2.24) is 0 Å². The Morgan fingerprint density at radius 1 is 1.86 bits per heavy atom. The van der Waals surface area contributed by atoms with Crippen molar-refractivity contribution in [2.24, 2.45) is 0 Å². The molecule has 7 heavy (non-hydrogen) atoms. The fraction of sp³-hybridized carbons (Fsp3) is 0.200. The molecule has 0 fully saturated rings. The van der Waals surface area contributed by atoms with Crippen LogP contribution in [-0.4, -0.2) is 15.0 Å². The van der Waals surface area contributed by atoms with Gasteiger partial charge in [-0.25, -0.2) is 0 Å². The molecule has 0 saturated heterocycles. The molecule has 0 radical (unpaired) electrons. The second-order valence-corrected chi connectivity index (χ2v) is 3.61. The van der Waals surface area contributed by atoms with E-state index in [0.29, 0.717) is 15.0 Å². The monoisotopic (exact) mass is 182 g/mol. The second kappa shape index (κ2) is 4.45. The van der Waals surface area contributed by atoms with Gasteiger partial charge in [0.25, 0.3) is 0 Å². The Hall–Kier alpha value is 0.289. The minimum absolute atomic E-state index is 0.440. The topological polar surface area (TPSA) is 0 Å². The number of hydrogen-bond donors (Lipinski definition) is 0. The van der Waals surface area contributed by atoms with E-state index < -0.39 is 0 Å². The van der Waals surface area contributed by atoms with Crippen LogP contribution in [0.15, 0.2) is 22.7 Å².